The average Bonchev–Trinajstić information content (AvgIpc) is 2.73. The van der Waals surface area contributed by atoms with Crippen LogP contribution in [0.4, 0.5) is 0 Å². The third-order valence-corrected chi connectivity index (χ3v) is 6.33. The number of hydrogen-bond donors (Lipinski definition) is 0. The molecule has 1 aliphatic heterocycles. The van der Waals surface area contributed by atoms with Crippen LogP contribution in [0.3, 0.4) is 0 Å². The Morgan fingerprint density at radius 3 is 2.55 bits per heavy atom. The molecule has 0 N–H and O–H groups in total. The van der Waals surface area contributed by atoms with Gasteiger partial charge in [-0.05, 0) is 13.3 Å². The van der Waals surface area contributed by atoms with Gasteiger partial charge in [0, 0.05) is 31.7 Å². The first-order chi connectivity index (χ1) is 10.0. The molecule has 6 nitrogen and oxygen atoms in total. The van der Waals surface area contributed by atoms with Gasteiger partial charge in [0.2, 0.25) is 0 Å². The van der Waals surface area contributed by atoms with Crippen LogP contribution in [0.5, 0.6) is 0 Å². The molecule has 1 amide bonds. The minimum absolute atomic E-state index is 0.0328. The largest absolute Gasteiger partial charge is 0.337 e. The Balaban J connectivity index is 2.30. The second kappa shape index (κ2) is 5.68. The number of sulfone groups is 1. The van der Waals surface area contributed by atoms with Gasteiger partial charge < -0.3 is 4.90 Å². The first kappa shape index (κ1) is 17.0. The minimum Gasteiger partial charge on any atom is -0.337 e. The summed E-state index contributed by atoms with van der Waals surface area (Å²) in [6.45, 7) is 8.48. The molecule has 1 aliphatic rings. The predicted molar refractivity (Wildman–Crippen MR) is 85.7 cm³/mol. The van der Waals surface area contributed by atoms with Crippen molar-refractivity contribution in [1.29, 1.82) is 0 Å². The van der Waals surface area contributed by atoms with Crippen molar-refractivity contribution < 1.29 is 13.2 Å². The van der Waals surface area contributed by atoms with Gasteiger partial charge in [-0.15, -0.1) is 0 Å². The van der Waals surface area contributed by atoms with E-state index in [1.54, 1.807) is 29.7 Å². The molecule has 2 rings (SSSR count). The molecular formula is C15H25N3O3S. The summed E-state index contributed by atoms with van der Waals surface area (Å²) in [5, 5.41) is 4.03. The topological polar surface area (TPSA) is 72.3 Å². The normalized spacial score (nSPS) is 22.4. The van der Waals surface area contributed by atoms with Gasteiger partial charge in [0.25, 0.3) is 5.91 Å². The summed E-state index contributed by atoms with van der Waals surface area (Å²) in [6, 6.07) is 0. The Kier molecular flexibility index (Phi) is 4.39. The maximum Gasteiger partial charge on any atom is 0.257 e. The Bertz CT molecular complexity index is 671. The highest BCUT2D eigenvalue weighted by Crippen LogP contribution is 2.26. The molecule has 1 atom stereocenters. The number of aryl methyl sites for hydroxylation is 1. The van der Waals surface area contributed by atoms with E-state index in [4.69, 9.17) is 0 Å². The number of carbonyl (C=O) groups excluding carboxylic acids is 1. The van der Waals surface area contributed by atoms with Crippen LogP contribution in [0.1, 0.15) is 50.2 Å². The highest BCUT2D eigenvalue weighted by atomic mass is 32.2. The van der Waals surface area contributed by atoms with Crippen molar-refractivity contribution in [2.45, 2.75) is 44.8 Å². The van der Waals surface area contributed by atoms with E-state index in [0.29, 0.717) is 18.5 Å². The number of carbonyl (C=O) groups is 1. The van der Waals surface area contributed by atoms with Crippen molar-refractivity contribution in [2.24, 2.45) is 7.05 Å². The third kappa shape index (κ3) is 3.34. The van der Waals surface area contributed by atoms with E-state index in [2.05, 4.69) is 5.10 Å². The summed E-state index contributed by atoms with van der Waals surface area (Å²) >= 11 is 0. The van der Waals surface area contributed by atoms with Gasteiger partial charge in [0.15, 0.2) is 9.84 Å². The molecule has 0 radical (unpaired) electrons. The monoisotopic (exact) mass is 327 g/mol. The number of hydrogen-bond acceptors (Lipinski definition) is 4. The molecule has 0 aromatic carbocycles. The Morgan fingerprint density at radius 1 is 1.32 bits per heavy atom. The van der Waals surface area contributed by atoms with Crippen molar-refractivity contribution in [3.63, 3.8) is 0 Å². The zero-order chi connectivity index (χ0) is 16.7. The second-order valence-corrected chi connectivity index (χ2v) is 9.61. The fraction of sp³-hybridized carbons (Fsp3) is 0.733. The second-order valence-electron chi connectivity index (χ2n) is 7.07. The lowest BCUT2D eigenvalue weighted by molar-refractivity contribution is 0.0764. The summed E-state index contributed by atoms with van der Waals surface area (Å²) in [6.07, 6.45) is 2.21. The molecule has 1 unspecified atom stereocenters. The molecule has 0 saturated carbocycles. The highest BCUT2D eigenvalue weighted by Gasteiger charge is 2.32. The molecule has 2 heterocycles. The molecule has 7 heteroatoms. The molecule has 0 spiro atoms. The molecule has 1 aromatic heterocycles. The number of aromatic nitrogens is 2. The van der Waals surface area contributed by atoms with Crippen molar-refractivity contribution in [3.8, 4) is 0 Å². The molecule has 124 valence electrons. The van der Waals surface area contributed by atoms with E-state index in [1.165, 1.54) is 0 Å². The lowest BCUT2D eigenvalue weighted by atomic mass is 9.89. The van der Waals surface area contributed by atoms with Crippen LogP contribution >= 0.6 is 0 Å². The molecule has 0 bridgehead atoms. The van der Waals surface area contributed by atoms with Gasteiger partial charge in [-0.1, -0.05) is 20.8 Å². The highest BCUT2D eigenvalue weighted by molar-refractivity contribution is 7.92. The van der Waals surface area contributed by atoms with Gasteiger partial charge in [-0.3, -0.25) is 9.48 Å². The van der Waals surface area contributed by atoms with E-state index in [0.717, 1.165) is 5.69 Å². The minimum atomic E-state index is -3.09. The Morgan fingerprint density at radius 2 is 1.95 bits per heavy atom. The van der Waals surface area contributed by atoms with Crippen LogP contribution in [0.2, 0.25) is 0 Å². The number of amides is 1. The first-order valence-corrected chi connectivity index (χ1v) is 9.29. The van der Waals surface area contributed by atoms with Crippen LogP contribution in [-0.4, -0.2) is 53.1 Å². The molecule has 1 fully saturated rings. The lowest BCUT2D eigenvalue weighted by Gasteiger charge is -2.22. The molecule has 1 aromatic rings. The summed E-state index contributed by atoms with van der Waals surface area (Å²) in [4.78, 5) is 14.5. The van der Waals surface area contributed by atoms with Crippen LogP contribution < -0.4 is 0 Å². The van der Waals surface area contributed by atoms with Crippen molar-refractivity contribution in [3.05, 3.63) is 17.5 Å². The maximum atomic E-state index is 12.8. The number of rotatable bonds is 1. The summed E-state index contributed by atoms with van der Waals surface area (Å²) in [5.74, 6) is -0.0901. The zero-order valence-corrected chi connectivity index (χ0v) is 14.8. The van der Waals surface area contributed by atoms with Gasteiger partial charge in [0.1, 0.15) is 0 Å². The molecule has 22 heavy (non-hydrogen) atoms. The third-order valence-electron chi connectivity index (χ3n) is 4.12. The predicted octanol–water partition coefficient (Wildman–Crippen LogP) is 1.37. The molecule has 0 aliphatic carbocycles. The first-order valence-electron chi connectivity index (χ1n) is 7.57. The zero-order valence-electron chi connectivity index (χ0n) is 14.0. The fourth-order valence-electron chi connectivity index (χ4n) is 2.64. The quantitative estimate of drug-likeness (QED) is 0.781. The average molecular weight is 327 g/mol. The van der Waals surface area contributed by atoms with E-state index < -0.39 is 9.84 Å². The van der Waals surface area contributed by atoms with Gasteiger partial charge >= 0.3 is 0 Å². The lowest BCUT2D eigenvalue weighted by Crippen LogP contribution is -2.34. The van der Waals surface area contributed by atoms with Crippen molar-refractivity contribution in [1.82, 2.24) is 14.7 Å². The standard InChI is InChI=1S/C15H25N3O3S/c1-11-6-7-18(8-9-22(11,20)21)14(19)12-10-17(5)16-13(12)15(2,3)4/h10-11H,6-9H2,1-5H3. The van der Waals surface area contributed by atoms with Crippen LogP contribution in [0.15, 0.2) is 6.20 Å². The van der Waals surface area contributed by atoms with Gasteiger partial charge in [-0.25, -0.2) is 8.42 Å². The van der Waals surface area contributed by atoms with Crippen LogP contribution in [0.25, 0.3) is 0 Å². The summed E-state index contributed by atoms with van der Waals surface area (Å²) < 4.78 is 25.6. The Hall–Kier alpha value is -1.37. The van der Waals surface area contributed by atoms with E-state index >= 15 is 0 Å². The van der Waals surface area contributed by atoms with Crippen molar-refractivity contribution >= 4 is 15.7 Å². The van der Waals surface area contributed by atoms with Gasteiger partial charge in [-0.2, -0.15) is 5.10 Å². The summed E-state index contributed by atoms with van der Waals surface area (Å²) in [7, 11) is -1.30. The Labute approximate surface area is 132 Å². The van der Waals surface area contributed by atoms with Gasteiger partial charge in [0.05, 0.1) is 22.3 Å². The van der Waals surface area contributed by atoms with Crippen LogP contribution in [0, 0.1) is 0 Å². The SMILES string of the molecule is CC1CCN(C(=O)c2cn(C)nc2C(C)(C)C)CCS1(=O)=O. The molecular weight excluding hydrogens is 302 g/mol. The smallest absolute Gasteiger partial charge is 0.257 e. The number of nitrogens with zero attached hydrogens (tertiary/aromatic N) is 3. The van der Waals surface area contributed by atoms with Crippen molar-refractivity contribution in [2.75, 3.05) is 18.8 Å². The van der Waals surface area contributed by atoms with E-state index in [9.17, 15) is 13.2 Å². The summed E-state index contributed by atoms with van der Waals surface area (Å²) in [5.41, 5.74) is 1.08. The molecule has 1 saturated heterocycles. The van der Waals surface area contributed by atoms with E-state index in [-0.39, 0.29) is 28.9 Å². The maximum absolute atomic E-state index is 12.8. The van der Waals surface area contributed by atoms with E-state index in [1.807, 2.05) is 20.8 Å². The van der Waals surface area contributed by atoms with Crippen LogP contribution in [-0.2, 0) is 22.3 Å². The fourth-order valence-corrected chi connectivity index (χ4v) is 3.98.